The molecule has 0 radical (unpaired) electrons. The summed E-state index contributed by atoms with van der Waals surface area (Å²) in [5.74, 6) is -0.0567. The molecule has 1 aliphatic rings. The molecule has 1 aromatic rings. The van der Waals surface area contributed by atoms with E-state index in [9.17, 15) is 9.90 Å². The van der Waals surface area contributed by atoms with Crippen molar-refractivity contribution in [2.75, 3.05) is 32.8 Å². The van der Waals surface area contributed by atoms with Crippen LogP contribution in [0.15, 0.2) is 24.3 Å². The number of aliphatic carboxylic acids is 1. The van der Waals surface area contributed by atoms with E-state index in [1.54, 1.807) is 0 Å². The quantitative estimate of drug-likeness (QED) is 0.757. The summed E-state index contributed by atoms with van der Waals surface area (Å²) in [6.45, 7) is 4.95. The third kappa shape index (κ3) is 5.41. The second-order valence-corrected chi connectivity index (χ2v) is 5.77. The van der Waals surface area contributed by atoms with E-state index in [2.05, 4.69) is 6.92 Å². The maximum atomic E-state index is 11.1. The predicted octanol–water partition coefficient (Wildman–Crippen LogP) is 1.62. The number of benzene rings is 1. The summed E-state index contributed by atoms with van der Waals surface area (Å²) < 4.78 is 11.2. The first-order chi connectivity index (χ1) is 11.1. The Balaban J connectivity index is 1.73. The predicted molar refractivity (Wildman–Crippen MR) is 85.9 cm³/mol. The first-order valence-electron chi connectivity index (χ1n) is 8.09. The largest absolute Gasteiger partial charge is 0.494 e. The fourth-order valence-corrected chi connectivity index (χ4v) is 2.60. The Morgan fingerprint density at radius 1 is 1.22 bits per heavy atom. The first kappa shape index (κ1) is 17.6. The van der Waals surface area contributed by atoms with Crippen LogP contribution in [0.3, 0.4) is 0 Å². The molecule has 128 valence electrons. The smallest absolute Gasteiger partial charge is 0.310 e. The summed E-state index contributed by atoms with van der Waals surface area (Å²) >= 11 is 0. The molecule has 0 aromatic heterocycles. The van der Waals surface area contributed by atoms with Crippen LogP contribution in [0.2, 0.25) is 0 Å². The Hall–Kier alpha value is -1.79. The highest BCUT2D eigenvalue weighted by Gasteiger charge is 2.32. The molecule has 1 fully saturated rings. The van der Waals surface area contributed by atoms with Gasteiger partial charge in [-0.2, -0.15) is 0 Å². The van der Waals surface area contributed by atoms with Gasteiger partial charge in [-0.25, -0.2) is 0 Å². The van der Waals surface area contributed by atoms with Crippen LogP contribution >= 0.6 is 0 Å². The van der Waals surface area contributed by atoms with Crippen LogP contribution in [0.25, 0.3) is 0 Å². The van der Waals surface area contributed by atoms with Gasteiger partial charge in [0.15, 0.2) is 0 Å². The second kappa shape index (κ2) is 8.74. The molecule has 0 spiro atoms. The second-order valence-electron chi connectivity index (χ2n) is 5.77. The Morgan fingerprint density at radius 2 is 1.83 bits per heavy atom. The van der Waals surface area contributed by atoms with Gasteiger partial charge in [-0.3, -0.25) is 9.69 Å². The Kier molecular flexibility index (Phi) is 6.67. The van der Waals surface area contributed by atoms with Crippen molar-refractivity contribution in [3.8, 4) is 11.5 Å². The number of nitrogens with zero attached hydrogens (tertiary/aromatic N) is 1. The lowest BCUT2D eigenvalue weighted by atomic mass is 9.95. The van der Waals surface area contributed by atoms with Crippen molar-refractivity contribution in [2.24, 2.45) is 5.92 Å². The highest BCUT2D eigenvalue weighted by Crippen LogP contribution is 2.19. The van der Waals surface area contributed by atoms with Crippen LogP contribution in [-0.4, -0.2) is 60.0 Å². The summed E-state index contributed by atoms with van der Waals surface area (Å²) in [6.07, 6.45) is 0.709. The molecule has 0 unspecified atom stereocenters. The average molecular weight is 323 g/mol. The van der Waals surface area contributed by atoms with E-state index in [0.29, 0.717) is 39.3 Å². The third-order valence-electron chi connectivity index (χ3n) is 3.95. The maximum Gasteiger partial charge on any atom is 0.310 e. The summed E-state index contributed by atoms with van der Waals surface area (Å²) in [5, 5.41) is 18.8. The van der Waals surface area contributed by atoms with E-state index in [1.165, 1.54) is 0 Å². The van der Waals surface area contributed by atoms with Gasteiger partial charge in [0.1, 0.15) is 18.1 Å². The lowest BCUT2D eigenvalue weighted by molar-refractivity contribution is -0.148. The molecular weight excluding hydrogens is 298 g/mol. The lowest BCUT2D eigenvalue weighted by Crippen LogP contribution is -2.47. The van der Waals surface area contributed by atoms with E-state index in [1.807, 2.05) is 29.2 Å². The molecule has 2 N–H and O–H groups in total. The number of rotatable bonds is 8. The number of aliphatic hydroxyl groups excluding tert-OH is 1. The summed E-state index contributed by atoms with van der Waals surface area (Å²) in [5.41, 5.74) is 0. The fraction of sp³-hybridized carbons (Fsp3) is 0.588. The van der Waals surface area contributed by atoms with Crippen LogP contribution < -0.4 is 9.47 Å². The number of carboxylic acid groups (broad SMARTS) is 1. The molecule has 1 aromatic carbocycles. The minimum Gasteiger partial charge on any atom is -0.494 e. The van der Waals surface area contributed by atoms with Gasteiger partial charge in [0.05, 0.1) is 18.6 Å². The first-order valence-corrected chi connectivity index (χ1v) is 8.09. The molecule has 0 amide bonds. The van der Waals surface area contributed by atoms with Crippen molar-refractivity contribution in [2.45, 2.75) is 25.9 Å². The maximum absolute atomic E-state index is 11.1. The Bertz CT molecular complexity index is 490. The van der Waals surface area contributed by atoms with Gasteiger partial charge in [0.25, 0.3) is 0 Å². The molecule has 1 heterocycles. The molecule has 6 nitrogen and oxygen atoms in total. The monoisotopic (exact) mass is 323 g/mol. The van der Waals surface area contributed by atoms with Crippen molar-refractivity contribution in [3.05, 3.63) is 24.3 Å². The molecule has 1 aliphatic heterocycles. The molecule has 1 saturated heterocycles. The van der Waals surface area contributed by atoms with E-state index >= 15 is 0 Å². The molecule has 0 saturated carbocycles. The van der Waals surface area contributed by atoms with Crippen LogP contribution in [-0.2, 0) is 4.79 Å². The SMILES string of the molecule is CCCOc1ccc(OCCN2CC[C@@H](O)[C@@H](C(=O)O)C2)cc1. The third-order valence-corrected chi connectivity index (χ3v) is 3.95. The van der Waals surface area contributed by atoms with Crippen molar-refractivity contribution in [1.82, 2.24) is 4.90 Å². The molecule has 23 heavy (non-hydrogen) atoms. The zero-order valence-electron chi connectivity index (χ0n) is 13.5. The highest BCUT2D eigenvalue weighted by atomic mass is 16.5. The molecule has 6 heteroatoms. The van der Waals surface area contributed by atoms with Crippen LogP contribution in [0.1, 0.15) is 19.8 Å². The minimum absolute atomic E-state index is 0.365. The number of likely N-dealkylation sites (tertiary alicyclic amines) is 1. The van der Waals surface area contributed by atoms with Crippen LogP contribution in [0, 0.1) is 5.92 Å². The fourth-order valence-electron chi connectivity index (χ4n) is 2.60. The Labute approximate surface area is 136 Å². The summed E-state index contributed by atoms with van der Waals surface area (Å²) in [4.78, 5) is 13.1. The van der Waals surface area contributed by atoms with Crippen molar-refractivity contribution < 1.29 is 24.5 Å². The highest BCUT2D eigenvalue weighted by molar-refractivity contribution is 5.71. The van der Waals surface area contributed by atoms with Gasteiger partial charge in [-0.15, -0.1) is 0 Å². The van der Waals surface area contributed by atoms with E-state index in [4.69, 9.17) is 14.6 Å². The van der Waals surface area contributed by atoms with Crippen molar-refractivity contribution in [3.63, 3.8) is 0 Å². The van der Waals surface area contributed by atoms with E-state index in [0.717, 1.165) is 17.9 Å². The van der Waals surface area contributed by atoms with Crippen LogP contribution in [0.5, 0.6) is 11.5 Å². The molecule has 0 bridgehead atoms. The Morgan fingerprint density at radius 3 is 2.39 bits per heavy atom. The van der Waals surface area contributed by atoms with Gasteiger partial charge in [0, 0.05) is 19.6 Å². The minimum atomic E-state index is -0.939. The number of carbonyl (C=O) groups is 1. The zero-order chi connectivity index (χ0) is 16.7. The normalized spacial score (nSPS) is 21.8. The van der Waals surface area contributed by atoms with E-state index in [-0.39, 0.29) is 0 Å². The zero-order valence-corrected chi connectivity index (χ0v) is 13.5. The number of carboxylic acids is 1. The molecular formula is C17H25NO5. The van der Waals surface area contributed by atoms with Crippen molar-refractivity contribution in [1.29, 1.82) is 0 Å². The number of ether oxygens (including phenoxy) is 2. The molecule has 0 aliphatic carbocycles. The molecule has 2 rings (SSSR count). The van der Waals surface area contributed by atoms with Gasteiger partial charge >= 0.3 is 5.97 Å². The van der Waals surface area contributed by atoms with E-state index < -0.39 is 18.0 Å². The van der Waals surface area contributed by atoms with Crippen LogP contribution in [0.4, 0.5) is 0 Å². The standard InChI is InChI=1S/C17H25NO5/c1-2-10-22-13-3-5-14(6-4-13)23-11-9-18-8-7-16(19)15(12-18)17(20)21/h3-6,15-16,19H,2,7-12H2,1H3,(H,20,21)/t15-,16+/m0/s1. The topological polar surface area (TPSA) is 79.2 Å². The number of hydrogen-bond donors (Lipinski definition) is 2. The van der Waals surface area contributed by atoms with Crippen molar-refractivity contribution >= 4 is 5.97 Å². The van der Waals surface area contributed by atoms with Gasteiger partial charge in [0.2, 0.25) is 0 Å². The summed E-state index contributed by atoms with van der Waals surface area (Å²) in [7, 11) is 0. The molecule has 2 atom stereocenters. The summed E-state index contributed by atoms with van der Waals surface area (Å²) in [6, 6.07) is 7.49. The van der Waals surface area contributed by atoms with Gasteiger partial charge in [-0.05, 0) is 37.1 Å². The lowest BCUT2D eigenvalue weighted by Gasteiger charge is -2.33. The van der Waals surface area contributed by atoms with Gasteiger partial charge < -0.3 is 19.7 Å². The average Bonchev–Trinajstić information content (AvgIpc) is 2.55. The van der Waals surface area contributed by atoms with Gasteiger partial charge in [-0.1, -0.05) is 6.92 Å². The number of piperidine rings is 1. The number of aliphatic hydroxyl groups is 1. The number of hydrogen-bond acceptors (Lipinski definition) is 5.